The number of rotatable bonds is 7. The Morgan fingerprint density at radius 3 is 2.59 bits per heavy atom. The molecule has 8 heteroatoms. The van der Waals surface area contributed by atoms with Gasteiger partial charge in [0.05, 0.1) is 26.3 Å². The Hall–Kier alpha value is -3.55. The number of methoxy groups -OCH3 is 2. The number of nitrogens with one attached hydrogen (secondary N) is 2. The molecule has 0 aliphatic heterocycles. The molecule has 0 saturated carbocycles. The summed E-state index contributed by atoms with van der Waals surface area (Å²) in [7, 11) is 3.11. The smallest absolute Gasteiger partial charge is 0.272 e. The molecule has 0 unspecified atom stereocenters. The van der Waals surface area contributed by atoms with Gasteiger partial charge < -0.3 is 20.1 Å². The molecule has 3 aromatic rings. The summed E-state index contributed by atoms with van der Waals surface area (Å²) in [5.74, 6) is 0.499. The van der Waals surface area contributed by atoms with Crippen LogP contribution in [0.2, 0.25) is 0 Å². The molecular weight excluding hydrogens is 348 g/mol. The van der Waals surface area contributed by atoms with E-state index in [1.807, 2.05) is 24.3 Å². The van der Waals surface area contributed by atoms with Crippen molar-refractivity contribution in [1.82, 2.24) is 20.2 Å². The number of ether oxygens (including phenoxy) is 2. The Kier molecular flexibility index (Phi) is 5.55. The maximum atomic E-state index is 12.1. The lowest BCUT2D eigenvalue weighted by Crippen LogP contribution is -2.36. The second-order valence-corrected chi connectivity index (χ2v) is 5.75. The minimum atomic E-state index is -0.403. The molecular formula is C19H20N4O4. The summed E-state index contributed by atoms with van der Waals surface area (Å²) in [6.45, 7) is 0.170. The van der Waals surface area contributed by atoms with Crippen molar-refractivity contribution >= 4 is 17.3 Å². The third kappa shape index (κ3) is 4.35. The van der Waals surface area contributed by atoms with Gasteiger partial charge in [-0.15, -0.1) is 0 Å². The first-order valence-electron chi connectivity index (χ1n) is 8.31. The summed E-state index contributed by atoms with van der Waals surface area (Å²) in [6.07, 6.45) is 1.75. The van der Waals surface area contributed by atoms with Crippen molar-refractivity contribution in [3.63, 3.8) is 0 Å². The van der Waals surface area contributed by atoms with Crippen LogP contribution in [-0.4, -0.2) is 42.2 Å². The van der Waals surface area contributed by atoms with E-state index >= 15 is 0 Å². The van der Waals surface area contributed by atoms with Gasteiger partial charge in [-0.05, 0) is 35.9 Å². The quantitative estimate of drug-likeness (QED) is 0.657. The zero-order valence-electron chi connectivity index (χ0n) is 15.1. The Balaban J connectivity index is 1.51. The van der Waals surface area contributed by atoms with Gasteiger partial charge in [-0.25, -0.2) is 4.52 Å². The molecule has 2 N–H and O–H groups in total. The van der Waals surface area contributed by atoms with Gasteiger partial charge in [-0.3, -0.25) is 9.59 Å². The number of carbonyl (C=O) groups excluding carboxylic acids is 2. The van der Waals surface area contributed by atoms with E-state index in [1.165, 1.54) is 0 Å². The Bertz CT molecular complexity index is 934. The lowest BCUT2D eigenvalue weighted by molar-refractivity contribution is -0.120. The average molecular weight is 368 g/mol. The van der Waals surface area contributed by atoms with Crippen LogP contribution in [0.5, 0.6) is 11.5 Å². The van der Waals surface area contributed by atoms with Crippen molar-refractivity contribution in [3.8, 4) is 11.5 Å². The van der Waals surface area contributed by atoms with Crippen molar-refractivity contribution in [1.29, 1.82) is 0 Å². The minimum absolute atomic E-state index is 0.139. The van der Waals surface area contributed by atoms with Crippen LogP contribution in [0.4, 0.5) is 0 Å². The summed E-state index contributed by atoms with van der Waals surface area (Å²) in [4.78, 5) is 24.1. The third-order valence-corrected chi connectivity index (χ3v) is 3.95. The molecule has 8 nitrogen and oxygen atoms in total. The van der Waals surface area contributed by atoms with Crippen LogP contribution in [0.25, 0.3) is 5.52 Å². The Morgan fingerprint density at radius 1 is 1.04 bits per heavy atom. The fraction of sp³-hybridized carbons (Fsp3) is 0.211. The standard InChI is InChI=1S/C19H20N4O4/c1-26-16-7-6-13(9-17(16)27-2)11-20-18(24)12-21-19(25)15-10-14-5-3-4-8-23(14)22-15/h3-10H,11-12H2,1-2H3,(H,20,24)(H,21,25). The second kappa shape index (κ2) is 8.22. The molecule has 0 aliphatic rings. The highest BCUT2D eigenvalue weighted by Crippen LogP contribution is 2.27. The van der Waals surface area contributed by atoms with Gasteiger partial charge in [0.15, 0.2) is 17.2 Å². The summed E-state index contributed by atoms with van der Waals surface area (Å²) < 4.78 is 12.0. The first kappa shape index (κ1) is 18.2. The van der Waals surface area contributed by atoms with Gasteiger partial charge in [-0.2, -0.15) is 5.10 Å². The predicted octanol–water partition coefficient (Wildman–Crippen LogP) is 1.40. The second-order valence-electron chi connectivity index (χ2n) is 5.75. The molecule has 0 saturated heterocycles. The zero-order valence-corrected chi connectivity index (χ0v) is 15.1. The van der Waals surface area contributed by atoms with Gasteiger partial charge in [0.2, 0.25) is 5.91 Å². The third-order valence-electron chi connectivity index (χ3n) is 3.95. The van der Waals surface area contributed by atoms with Crippen LogP contribution in [0.15, 0.2) is 48.7 Å². The molecule has 0 atom stereocenters. The molecule has 140 valence electrons. The number of aromatic nitrogens is 2. The van der Waals surface area contributed by atoms with Crippen molar-refractivity contribution in [2.24, 2.45) is 0 Å². The van der Waals surface area contributed by atoms with E-state index in [2.05, 4.69) is 15.7 Å². The van der Waals surface area contributed by atoms with E-state index in [4.69, 9.17) is 9.47 Å². The van der Waals surface area contributed by atoms with E-state index in [0.717, 1.165) is 11.1 Å². The lowest BCUT2D eigenvalue weighted by atomic mass is 10.2. The van der Waals surface area contributed by atoms with Crippen LogP contribution in [0.3, 0.4) is 0 Å². The summed E-state index contributed by atoms with van der Waals surface area (Å²) >= 11 is 0. The number of hydrogen-bond donors (Lipinski definition) is 2. The average Bonchev–Trinajstić information content (AvgIpc) is 3.14. The van der Waals surface area contributed by atoms with Crippen LogP contribution in [-0.2, 0) is 11.3 Å². The maximum Gasteiger partial charge on any atom is 0.272 e. The number of hydrogen-bond acceptors (Lipinski definition) is 5. The van der Waals surface area contributed by atoms with E-state index < -0.39 is 5.91 Å². The van der Waals surface area contributed by atoms with E-state index in [0.29, 0.717) is 18.0 Å². The Labute approximate surface area is 156 Å². The summed E-state index contributed by atoms with van der Waals surface area (Å²) in [5.41, 5.74) is 1.92. The molecule has 2 heterocycles. The molecule has 1 aromatic carbocycles. The van der Waals surface area contributed by atoms with E-state index in [-0.39, 0.29) is 18.1 Å². The number of fused-ring (bicyclic) bond motifs is 1. The van der Waals surface area contributed by atoms with Gasteiger partial charge in [0, 0.05) is 12.7 Å². The molecule has 0 fully saturated rings. The SMILES string of the molecule is COc1ccc(CNC(=O)CNC(=O)c2cc3ccccn3n2)cc1OC. The number of benzene rings is 1. The fourth-order valence-electron chi connectivity index (χ4n) is 2.55. The first-order valence-corrected chi connectivity index (χ1v) is 8.31. The summed E-state index contributed by atoms with van der Waals surface area (Å²) in [5, 5.41) is 9.48. The maximum absolute atomic E-state index is 12.1. The molecule has 3 rings (SSSR count). The molecule has 0 aliphatic carbocycles. The number of carbonyl (C=O) groups is 2. The fourth-order valence-corrected chi connectivity index (χ4v) is 2.55. The molecule has 2 aromatic heterocycles. The normalized spacial score (nSPS) is 10.4. The number of pyridine rings is 1. The highest BCUT2D eigenvalue weighted by molar-refractivity contribution is 5.95. The molecule has 2 amide bonds. The highest BCUT2D eigenvalue weighted by Gasteiger charge is 2.12. The van der Waals surface area contributed by atoms with Crippen LogP contribution >= 0.6 is 0 Å². The van der Waals surface area contributed by atoms with Gasteiger partial charge in [-0.1, -0.05) is 12.1 Å². The number of amides is 2. The van der Waals surface area contributed by atoms with Gasteiger partial charge >= 0.3 is 0 Å². The molecule has 0 bridgehead atoms. The zero-order chi connectivity index (χ0) is 19.2. The molecule has 0 radical (unpaired) electrons. The van der Waals surface area contributed by atoms with Crippen molar-refractivity contribution in [2.45, 2.75) is 6.54 Å². The lowest BCUT2D eigenvalue weighted by Gasteiger charge is -2.10. The number of nitrogens with zero attached hydrogens (tertiary/aromatic N) is 2. The van der Waals surface area contributed by atoms with E-state index in [1.54, 1.807) is 43.1 Å². The van der Waals surface area contributed by atoms with Crippen molar-refractivity contribution in [3.05, 3.63) is 59.9 Å². The Morgan fingerprint density at radius 2 is 1.85 bits per heavy atom. The van der Waals surface area contributed by atoms with Gasteiger partial charge in [0.1, 0.15) is 0 Å². The van der Waals surface area contributed by atoms with Crippen LogP contribution in [0, 0.1) is 0 Å². The predicted molar refractivity (Wildman–Crippen MR) is 98.9 cm³/mol. The molecule has 0 spiro atoms. The monoisotopic (exact) mass is 368 g/mol. The minimum Gasteiger partial charge on any atom is -0.493 e. The van der Waals surface area contributed by atoms with Crippen LogP contribution < -0.4 is 20.1 Å². The first-order chi connectivity index (χ1) is 13.1. The van der Waals surface area contributed by atoms with Crippen molar-refractivity contribution in [2.75, 3.05) is 20.8 Å². The molecule has 27 heavy (non-hydrogen) atoms. The largest absolute Gasteiger partial charge is 0.493 e. The van der Waals surface area contributed by atoms with Gasteiger partial charge in [0.25, 0.3) is 5.91 Å². The van der Waals surface area contributed by atoms with Crippen LogP contribution in [0.1, 0.15) is 16.1 Å². The van der Waals surface area contributed by atoms with E-state index in [9.17, 15) is 9.59 Å². The highest BCUT2D eigenvalue weighted by atomic mass is 16.5. The topological polar surface area (TPSA) is 94.0 Å². The summed E-state index contributed by atoms with van der Waals surface area (Å²) in [6, 6.07) is 12.6. The van der Waals surface area contributed by atoms with Crippen molar-refractivity contribution < 1.29 is 19.1 Å².